The molecule has 5 rings (SSSR count). The number of nitrogens with zero attached hydrogens (tertiary/aromatic N) is 1. The van der Waals surface area contributed by atoms with Crippen LogP contribution in [-0.4, -0.2) is 56.3 Å². The van der Waals surface area contributed by atoms with Gasteiger partial charge in [-0.15, -0.1) is 0 Å². The summed E-state index contributed by atoms with van der Waals surface area (Å²) >= 11 is 0. The molecule has 2 aromatic rings. The molecule has 0 aromatic heterocycles. The fraction of sp³-hybridized carbons (Fsp3) is 0.516. The maximum atomic E-state index is 13.2. The standard InChI is InChI=1S/C31H40N2O3/c1-22-3-7-24(8-4-22)25-9-12-30-27(19-25)20-26(13-18-36-30)31(34)32-28-10-5-23(6-11-28)21-33(2)29-14-16-35-17-15-29/h3-4,7-9,12,19-20,23,28-29H,5-6,10-11,13-18,21H2,1-2H3,(H,32,34)/t23-,28-. The molecule has 1 saturated carbocycles. The first-order valence-corrected chi connectivity index (χ1v) is 13.7. The van der Waals surface area contributed by atoms with Gasteiger partial charge in [0, 0.05) is 49.4 Å². The van der Waals surface area contributed by atoms with E-state index in [1.54, 1.807) is 0 Å². The van der Waals surface area contributed by atoms with Crippen LogP contribution in [-0.2, 0) is 9.53 Å². The number of ether oxygens (including phenoxy) is 2. The first-order valence-electron chi connectivity index (χ1n) is 13.7. The Kier molecular flexibility index (Phi) is 8.08. The zero-order chi connectivity index (χ0) is 24.9. The quantitative estimate of drug-likeness (QED) is 0.574. The number of aryl methyl sites for hydroxylation is 1. The van der Waals surface area contributed by atoms with Crippen molar-refractivity contribution in [1.29, 1.82) is 0 Å². The summed E-state index contributed by atoms with van der Waals surface area (Å²) in [5.41, 5.74) is 5.36. The molecule has 1 amide bonds. The lowest BCUT2D eigenvalue weighted by atomic mass is 9.85. The molecule has 2 aliphatic heterocycles. The van der Waals surface area contributed by atoms with Crippen molar-refractivity contribution in [2.75, 3.05) is 33.4 Å². The average Bonchev–Trinajstić information content (AvgIpc) is 3.13. The average molecular weight is 489 g/mol. The van der Waals surface area contributed by atoms with Gasteiger partial charge in [0.1, 0.15) is 5.75 Å². The Balaban J connectivity index is 1.18. The van der Waals surface area contributed by atoms with Gasteiger partial charge in [0.15, 0.2) is 0 Å². The number of hydrogen-bond acceptors (Lipinski definition) is 4. The van der Waals surface area contributed by atoms with Gasteiger partial charge >= 0.3 is 0 Å². The van der Waals surface area contributed by atoms with E-state index in [0.29, 0.717) is 19.1 Å². The molecule has 36 heavy (non-hydrogen) atoms. The molecule has 0 atom stereocenters. The van der Waals surface area contributed by atoms with E-state index in [1.165, 1.54) is 24.0 Å². The van der Waals surface area contributed by atoms with Crippen molar-refractivity contribution in [1.82, 2.24) is 10.2 Å². The minimum absolute atomic E-state index is 0.0648. The summed E-state index contributed by atoms with van der Waals surface area (Å²) in [4.78, 5) is 15.8. The zero-order valence-corrected chi connectivity index (χ0v) is 21.8. The third-order valence-electron chi connectivity index (χ3n) is 8.19. The van der Waals surface area contributed by atoms with Gasteiger partial charge in [-0.25, -0.2) is 0 Å². The number of carbonyl (C=O) groups excluding carboxylic acids is 1. The molecular formula is C31H40N2O3. The smallest absolute Gasteiger partial charge is 0.247 e. The molecule has 2 aromatic carbocycles. The Labute approximate surface area is 215 Å². The normalized spacial score (nSPS) is 22.8. The van der Waals surface area contributed by atoms with E-state index < -0.39 is 0 Å². The van der Waals surface area contributed by atoms with Gasteiger partial charge in [-0.1, -0.05) is 35.9 Å². The highest BCUT2D eigenvalue weighted by Gasteiger charge is 2.27. The lowest BCUT2D eigenvalue weighted by molar-refractivity contribution is -0.118. The molecular weight excluding hydrogens is 448 g/mol. The molecule has 0 radical (unpaired) electrons. The van der Waals surface area contributed by atoms with Crippen LogP contribution in [0.15, 0.2) is 48.0 Å². The molecule has 0 bridgehead atoms. The van der Waals surface area contributed by atoms with E-state index in [9.17, 15) is 4.79 Å². The Morgan fingerprint density at radius 2 is 1.67 bits per heavy atom. The SMILES string of the molecule is Cc1ccc(-c2ccc3c(c2)C=C(C(=O)N[C@H]2CC[C@H](CN(C)C4CCOCC4)CC2)CCO3)cc1. The van der Waals surface area contributed by atoms with Crippen LogP contribution >= 0.6 is 0 Å². The second-order valence-corrected chi connectivity index (χ2v) is 10.9. The van der Waals surface area contributed by atoms with Gasteiger partial charge in [0.05, 0.1) is 6.61 Å². The van der Waals surface area contributed by atoms with Crippen LogP contribution in [0.4, 0.5) is 0 Å². The van der Waals surface area contributed by atoms with Crippen LogP contribution in [0.2, 0.25) is 0 Å². The predicted octanol–water partition coefficient (Wildman–Crippen LogP) is 5.61. The monoisotopic (exact) mass is 488 g/mol. The van der Waals surface area contributed by atoms with Gasteiger partial charge in [-0.05, 0) is 87.7 Å². The van der Waals surface area contributed by atoms with Crippen molar-refractivity contribution >= 4 is 12.0 Å². The van der Waals surface area contributed by atoms with Gasteiger partial charge in [0.25, 0.3) is 0 Å². The molecule has 1 saturated heterocycles. The lowest BCUT2D eigenvalue weighted by Gasteiger charge is -2.36. The maximum Gasteiger partial charge on any atom is 0.247 e. The predicted molar refractivity (Wildman–Crippen MR) is 145 cm³/mol. The highest BCUT2D eigenvalue weighted by atomic mass is 16.5. The zero-order valence-electron chi connectivity index (χ0n) is 21.8. The van der Waals surface area contributed by atoms with Gasteiger partial charge in [0.2, 0.25) is 5.91 Å². The number of nitrogens with one attached hydrogen (secondary N) is 1. The van der Waals surface area contributed by atoms with Crippen LogP contribution in [0.5, 0.6) is 5.75 Å². The van der Waals surface area contributed by atoms with Crippen LogP contribution in [0.1, 0.15) is 56.1 Å². The molecule has 1 aliphatic carbocycles. The van der Waals surface area contributed by atoms with Gasteiger partial charge in [-0.3, -0.25) is 4.79 Å². The Morgan fingerprint density at radius 1 is 0.944 bits per heavy atom. The first kappa shape index (κ1) is 25.0. The summed E-state index contributed by atoms with van der Waals surface area (Å²) in [6, 6.07) is 15.7. The number of carbonyl (C=O) groups is 1. The topological polar surface area (TPSA) is 50.8 Å². The Bertz CT molecular complexity index is 1060. The van der Waals surface area contributed by atoms with E-state index in [2.05, 4.69) is 60.6 Å². The van der Waals surface area contributed by atoms with Crippen LogP contribution < -0.4 is 10.1 Å². The summed E-state index contributed by atoms with van der Waals surface area (Å²) < 4.78 is 11.5. The number of benzene rings is 2. The van der Waals surface area contributed by atoms with E-state index >= 15 is 0 Å². The first-order chi connectivity index (χ1) is 17.5. The van der Waals surface area contributed by atoms with Crippen molar-refractivity contribution in [2.45, 2.75) is 64.0 Å². The number of rotatable bonds is 6. The van der Waals surface area contributed by atoms with E-state index in [0.717, 1.165) is 73.8 Å². The number of amides is 1. The third kappa shape index (κ3) is 6.19. The highest BCUT2D eigenvalue weighted by Crippen LogP contribution is 2.32. The fourth-order valence-corrected chi connectivity index (χ4v) is 5.88. The molecule has 2 heterocycles. The molecule has 0 unspecified atom stereocenters. The largest absolute Gasteiger partial charge is 0.493 e. The highest BCUT2D eigenvalue weighted by molar-refractivity contribution is 5.98. The minimum Gasteiger partial charge on any atom is -0.493 e. The van der Waals surface area contributed by atoms with Crippen LogP contribution in [0, 0.1) is 12.8 Å². The fourth-order valence-electron chi connectivity index (χ4n) is 5.88. The molecule has 1 N–H and O–H groups in total. The minimum atomic E-state index is 0.0648. The summed E-state index contributed by atoms with van der Waals surface area (Å²) in [6.07, 6.45) is 9.46. The summed E-state index contributed by atoms with van der Waals surface area (Å²) in [7, 11) is 2.27. The van der Waals surface area contributed by atoms with Crippen molar-refractivity contribution < 1.29 is 14.3 Å². The van der Waals surface area contributed by atoms with Crippen LogP contribution in [0.3, 0.4) is 0 Å². The van der Waals surface area contributed by atoms with E-state index in [4.69, 9.17) is 9.47 Å². The third-order valence-corrected chi connectivity index (χ3v) is 8.19. The lowest BCUT2D eigenvalue weighted by Crippen LogP contribution is -2.42. The Hall–Kier alpha value is -2.63. The van der Waals surface area contributed by atoms with Gasteiger partial charge < -0.3 is 19.7 Å². The summed E-state index contributed by atoms with van der Waals surface area (Å²) in [5.74, 6) is 1.64. The van der Waals surface area contributed by atoms with E-state index in [1.807, 2.05) is 12.1 Å². The van der Waals surface area contributed by atoms with Gasteiger partial charge in [-0.2, -0.15) is 0 Å². The molecule has 3 aliphatic rings. The van der Waals surface area contributed by atoms with Crippen molar-refractivity contribution in [3.8, 4) is 16.9 Å². The second-order valence-electron chi connectivity index (χ2n) is 10.9. The van der Waals surface area contributed by atoms with Crippen molar-refractivity contribution in [2.24, 2.45) is 5.92 Å². The molecule has 192 valence electrons. The summed E-state index contributed by atoms with van der Waals surface area (Å²) in [5, 5.41) is 3.34. The number of hydrogen-bond donors (Lipinski definition) is 1. The molecule has 0 spiro atoms. The second kappa shape index (κ2) is 11.6. The number of fused-ring (bicyclic) bond motifs is 1. The molecule has 5 nitrogen and oxygen atoms in total. The van der Waals surface area contributed by atoms with E-state index in [-0.39, 0.29) is 11.9 Å². The van der Waals surface area contributed by atoms with Crippen molar-refractivity contribution in [3.05, 3.63) is 59.2 Å². The van der Waals surface area contributed by atoms with Crippen LogP contribution in [0.25, 0.3) is 17.2 Å². The molecule has 5 heteroatoms. The Morgan fingerprint density at radius 3 is 2.42 bits per heavy atom. The maximum absolute atomic E-state index is 13.2. The summed E-state index contributed by atoms with van der Waals surface area (Å²) in [6.45, 7) is 5.58. The van der Waals surface area contributed by atoms with Crippen molar-refractivity contribution in [3.63, 3.8) is 0 Å². The molecule has 2 fully saturated rings.